The minimum absolute atomic E-state index is 0.0104. The zero-order chi connectivity index (χ0) is 17.0. The predicted molar refractivity (Wildman–Crippen MR) is 84.5 cm³/mol. The first-order valence-electron chi connectivity index (χ1n) is 7.52. The summed E-state index contributed by atoms with van der Waals surface area (Å²) in [5.41, 5.74) is -0.261. The van der Waals surface area contributed by atoms with Crippen molar-refractivity contribution in [2.75, 3.05) is 12.0 Å². The van der Waals surface area contributed by atoms with Gasteiger partial charge in [0, 0.05) is 6.04 Å². The second kappa shape index (κ2) is 7.54. The molecule has 0 radical (unpaired) electrons. The summed E-state index contributed by atoms with van der Waals surface area (Å²) in [5, 5.41) is 11.3. The van der Waals surface area contributed by atoms with Gasteiger partial charge < -0.3 is 9.64 Å². The lowest BCUT2D eigenvalue weighted by Crippen LogP contribution is -2.47. The van der Waals surface area contributed by atoms with Gasteiger partial charge in [-0.05, 0) is 30.9 Å². The zero-order valence-electron chi connectivity index (χ0n) is 13.1. The summed E-state index contributed by atoms with van der Waals surface area (Å²) in [6, 6.07) is -0.656. The van der Waals surface area contributed by atoms with E-state index in [1.54, 1.807) is 4.90 Å². The molecule has 1 aliphatic carbocycles. The van der Waals surface area contributed by atoms with Crippen LogP contribution in [0.4, 0.5) is 11.5 Å². The van der Waals surface area contributed by atoms with E-state index in [0.29, 0.717) is 6.42 Å². The van der Waals surface area contributed by atoms with E-state index in [1.807, 2.05) is 6.92 Å². The van der Waals surface area contributed by atoms with Gasteiger partial charge in [-0.3, -0.25) is 10.1 Å². The van der Waals surface area contributed by atoms with Gasteiger partial charge >= 0.3 is 11.7 Å². The summed E-state index contributed by atoms with van der Waals surface area (Å²) in [6.07, 6.45) is 5.22. The Bertz CT molecular complexity index is 592. The van der Waals surface area contributed by atoms with Gasteiger partial charge in [0.2, 0.25) is 11.1 Å². The molecule has 0 saturated heterocycles. The van der Waals surface area contributed by atoms with Crippen molar-refractivity contribution in [1.29, 1.82) is 0 Å². The number of carbonyl (C=O) groups is 1. The number of ether oxygens (including phenoxy) is 1. The van der Waals surface area contributed by atoms with Crippen molar-refractivity contribution in [3.05, 3.63) is 21.6 Å². The average Bonchev–Trinajstić information content (AvgIpc) is 3.05. The van der Waals surface area contributed by atoms with Gasteiger partial charge in [0.05, 0.1) is 12.0 Å². The molecule has 0 N–H and O–H groups in total. The van der Waals surface area contributed by atoms with Crippen molar-refractivity contribution < 1.29 is 14.5 Å². The first kappa shape index (κ1) is 17.4. The highest BCUT2D eigenvalue weighted by Gasteiger charge is 2.37. The third-order valence-electron chi connectivity index (χ3n) is 4.08. The smallest absolute Gasteiger partial charge is 0.329 e. The fourth-order valence-corrected chi connectivity index (χ4v) is 3.16. The molecule has 2 rings (SSSR count). The van der Waals surface area contributed by atoms with E-state index in [9.17, 15) is 14.9 Å². The highest BCUT2D eigenvalue weighted by molar-refractivity contribution is 6.28. The SMILES string of the molecule is CC[C@H](C(=O)OC)N(c1nc(Cl)ncc1[N+](=O)[O-])C1CCCC1. The third-order valence-corrected chi connectivity index (χ3v) is 4.26. The van der Waals surface area contributed by atoms with Crippen molar-refractivity contribution in [3.8, 4) is 0 Å². The van der Waals surface area contributed by atoms with E-state index in [1.165, 1.54) is 7.11 Å². The highest BCUT2D eigenvalue weighted by atomic mass is 35.5. The first-order valence-corrected chi connectivity index (χ1v) is 7.90. The summed E-state index contributed by atoms with van der Waals surface area (Å²) < 4.78 is 4.87. The van der Waals surface area contributed by atoms with E-state index in [0.717, 1.165) is 31.9 Å². The van der Waals surface area contributed by atoms with Crippen LogP contribution in [0.5, 0.6) is 0 Å². The summed E-state index contributed by atoms with van der Waals surface area (Å²) >= 11 is 5.85. The number of anilines is 1. The van der Waals surface area contributed by atoms with Crippen molar-refractivity contribution in [3.63, 3.8) is 0 Å². The summed E-state index contributed by atoms with van der Waals surface area (Å²) in [6.45, 7) is 1.83. The molecular weight excluding hydrogens is 324 g/mol. The van der Waals surface area contributed by atoms with Crippen molar-refractivity contribution in [1.82, 2.24) is 9.97 Å². The molecule has 23 heavy (non-hydrogen) atoms. The molecule has 8 nitrogen and oxygen atoms in total. The molecule has 1 saturated carbocycles. The molecule has 1 atom stereocenters. The molecule has 0 bridgehead atoms. The number of hydrogen-bond donors (Lipinski definition) is 0. The van der Waals surface area contributed by atoms with Gasteiger partial charge in [-0.2, -0.15) is 4.98 Å². The number of nitro groups is 1. The fraction of sp³-hybridized carbons (Fsp3) is 0.643. The molecular formula is C14H19ClN4O4. The second-order valence-corrected chi connectivity index (χ2v) is 5.74. The highest BCUT2D eigenvalue weighted by Crippen LogP contribution is 2.35. The molecule has 0 aromatic carbocycles. The van der Waals surface area contributed by atoms with Gasteiger partial charge in [0.15, 0.2) is 0 Å². The van der Waals surface area contributed by atoms with Gasteiger partial charge in [-0.1, -0.05) is 19.8 Å². The number of carbonyl (C=O) groups excluding carboxylic acids is 1. The van der Waals surface area contributed by atoms with E-state index in [-0.39, 0.29) is 22.8 Å². The number of nitrogens with zero attached hydrogens (tertiary/aromatic N) is 4. The standard InChI is InChI=1S/C14H19ClN4O4/c1-3-10(13(20)23-2)18(9-6-4-5-7-9)12-11(19(21)22)8-16-14(15)17-12/h8-10H,3-7H2,1-2H3/t10-/m1/s1. The quantitative estimate of drug-likeness (QED) is 0.339. The zero-order valence-corrected chi connectivity index (χ0v) is 13.8. The van der Waals surface area contributed by atoms with Gasteiger partial charge in [-0.25, -0.2) is 9.78 Å². The minimum atomic E-state index is -0.646. The van der Waals surface area contributed by atoms with Crippen LogP contribution in [0, 0.1) is 10.1 Å². The number of esters is 1. The Morgan fingerprint density at radius 2 is 2.22 bits per heavy atom. The first-order chi connectivity index (χ1) is 11.0. The Hall–Kier alpha value is -1.96. The van der Waals surface area contributed by atoms with Crippen LogP contribution in [0.3, 0.4) is 0 Å². The maximum atomic E-state index is 12.2. The monoisotopic (exact) mass is 342 g/mol. The lowest BCUT2D eigenvalue weighted by molar-refractivity contribution is -0.384. The Morgan fingerprint density at radius 1 is 1.57 bits per heavy atom. The van der Waals surface area contributed by atoms with E-state index < -0.39 is 16.9 Å². The average molecular weight is 343 g/mol. The normalized spacial score (nSPS) is 16.1. The van der Waals surface area contributed by atoms with E-state index >= 15 is 0 Å². The summed E-state index contributed by atoms with van der Waals surface area (Å²) in [7, 11) is 1.30. The molecule has 0 unspecified atom stereocenters. The predicted octanol–water partition coefficient (Wildman–Crippen LogP) is 2.74. The van der Waals surface area contributed by atoms with Crippen molar-refractivity contribution >= 4 is 29.1 Å². The lowest BCUT2D eigenvalue weighted by atomic mass is 10.1. The molecule has 1 aliphatic rings. The van der Waals surface area contributed by atoms with Gasteiger partial charge in [0.1, 0.15) is 12.2 Å². The van der Waals surface area contributed by atoms with E-state index in [4.69, 9.17) is 16.3 Å². The Morgan fingerprint density at radius 3 is 2.74 bits per heavy atom. The molecule has 1 aromatic rings. The lowest BCUT2D eigenvalue weighted by Gasteiger charge is -2.34. The Kier molecular flexibility index (Phi) is 5.70. The van der Waals surface area contributed by atoms with Crippen LogP contribution >= 0.6 is 11.6 Å². The maximum absolute atomic E-state index is 12.2. The summed E-state index contributed by atoms with van der Waals surface area (Å²) in [4.78, 5) is 32.4. The topological polar surface area (TPSA) is 98.5 Å². The molecule has 126 valence electrons. The number of hydrogen-bond acceptors (Lipinski definition) is 7. The fourth-order valence-electron chi connectivity index (χ4n) is 3.03. The third kappa shape index (κ3) is 3.69. The van der Waals surface area contributed by atoms with Crippen LogP contribution in [0.2, 0.25) is 5.28 Å². The molecule has 0 spiro atoms. The maximum Gasteiger partial charge on any atom is 0.329 e. The van der Waals surface area contributed by atoms with Crippen LogP contribution < -0.4 is 4.90 Å². The van der Waals surface area contributed by atoms with Crippen LogP contribution in [-0.2, 0) is 9.53 Å². The van der Waals surface area contributed by atoms with Crippen molar-refractivity contribution in [2.45, 2.75) is 51.1 Å². The second-order valence-electron chi connectivity index (χ2n) is 5.40. The molecule has 1 fully saturated rings. The Labute approximate surface area is 139 Å². The van der Waals surface area contributed by atoms with E-state index in [2.05, 4.69) is 9.97 Å². The Balaban J connectivity index is 2.55. The largest absolute Gasteiger partial charge is 0.467 e. The van der Waals surface area contributed by atoms with Crippen LogP contribution in [0.25, 0.3) is 0 Å². The molecule has 0 aliphatic heterocycles. The molecule has 1 aromatic heterocycles. The molecule has 9 heteroatoms. The van der Waals surface area contributed by atoms with Gasteiger partial charge in [-0.15, -0.1) is 0 Å². The van der Waals surface area contributed by atoms with Crippen LogP contribution in [0.1, 0.15) is 39.0 Å². The van der Waals surface area contributed by atoms with Gasteiger partial charge in [0.25, 0.3) is 0 Å². The minimum Gasteiger partial charge on any atom is -0.467 e. The molecule has 0 amide bonds. The van der Waals surface area contributed by atoms with Crippen LogP contribution in [-0.4, -0.2) is 40.1 Å². The number of aromatic nitrogens is 2. The number of methoxy groups -OCH3 is 1. The molecule has 1 heterocycles. The van der Waals surface area contributed by atoms with Crippen LogP contribution in [0.15, 0.2) is 6.20 Å². The number of rotatable bonds is 6. The van der Waals surface area contributed by atoms with Crippen molar-refractivity contribution in [2.24, 2.45) is 0 Å². The summed E-state index contributed by atoms with van der Waals surface area (Å²) in [5.74, 6) is -0.359. The number of halogens is 1.